The maximum absolute atomic E-state index is 9.36. The Labute approximate surface area is 103 Å². The molecule has 17 heavy (non-hydrogen) atoms. The van der Waals surface area contributed by atoms with E-state index < -0.39 is 0 Å². The zero-order valence-corrected chi connectivity index (χ0v) is 9.80. The first-order valence-electron chi connectivity index (χ1n) is 5.47. The molecule has 0 saturated heterocycles. The lowest BCUT2D eigenvalue weighted by molar-refractivity contribution is 0.280. The van der Waals surface area contributed by atoms with Crippen LogP contribution in [0.5, 0.6) is 0 Å². The van der Waals surface area contributed by atoms with E-state index in [1.54, 1.807) is 18.3 Å². The predicted octanol–water partition coefficient (Wildman–Crippen LogP) is 1.69. The van der Waals surface area contributed by atoms with Crippen LogP contribution < -0.4 is 0 Å². The summed E-state index contributed by atoms with van der Waals surface area (Å²) in [7, 11) is 0. The van der Waals surface area contributed by atoms with Crippen molar-refractivity contribution in [2.24, 2.45) is 0 Å². The highest BCUT2D eigenvalue weighted by Crippen LogP contribution is 2.42. The van der Waals surface area contributed by atoms with Crippen LogP contribution >= 0.6 is 11.6 Å². The van der Waals surface area contributed by atoms with Gasteiger partial charge in [-0.15, -0.1) is 5.10 Å². The van der Waals surface area contributed by atoms with Gasteiger partial charge in [0.25, 0.3) is 0 Å². The van der Waals surface area contributed by atoms with Gasteiger partial charge in [-0.3, -0.25) is 0 Å². The van der Waals surface area contributed by atoms with Crippen LogP contribution in [0.3, 0.4) is 0 Å². The van der Waals surface area contributed by atoms with Crippen molar-refractivity contribution in [1.29, 1.82) is 0 Å². The van der Waals surface area contributed by atoms with E-state index >= 15 is 0 Å². The van der Waals surface area contributed by atoms with E-state index in [4.69, 9.17) is 11.6 Å². The van der Waals surface area contributed by atoms with Gasteiger partial charge in [-0.25, -0.2) is 4.68 Å². The Morgan fingerprint density at radius 2 is 2.29 bits per heavy atom. The molecule has 0 bridgehead atoms. The van der Waals surface area contributed by atoms with E-state index in [1.165, 1.54) is 4.68 Å². The molecule has 0 spiro atoms. The van der Waals surface area contributed by atoms with Crippen LogP contribution in [0.4, 0.5) is 0 Å². The molecule has 2 aromatic heterocycles. The van der Waals surface area contributed by atoms with Gasteiger partial charge in [0.15, 0.2) is 5.82 Å². The smallest absolute Gasteiger partial charge is 0.177 e. The van der Waals surface area contributed by atoms with E-state index in [9.17, 15) is 5.11 Å². The van der Waals surface area contributed by atoms with Crippen molar-refractivity contribution in [3.8, 4) is 5.82 Å². The monoisotopic (exact) mass is 250 g/mol. The molecule has 0 aliphatic heterocycles. The van der Waals surface area contributed by atoms with Gasteiger partial charge in [0, 0.05) is 17.7 Å². The van der Waals surface area contributed by atoms with Crippen LogP contribution in [0, 0.1) is 0 Å². The van der Waals surface area contributed by atoms with Gasteiger partial charge < -0.3 is 5.11 Å². The zero-order valence-electron chi connectivity index (χ0n) is 9.04. The van der Waals surface area contributed by atoms with Gasteiger partial charge in [-0.1, -0.05) is 11.6 Å². The maximum Gasteiger partial charge on any atom is 0.177 e. The van der Waals surface area contributed by atoms with Crippen LogP contribution in [0.15, 0.2) is 18.3 Å². The number of nitrogens with zero attached hydrogens (tertiary/aromatic N) is 4. The lowest BCUT2D eigenvalue weighted by Gasteiger charge is -1.99. The maximum atomic E-state index is 9.36. The van der Waals surface area contributed by atoms with Gasteiger partial charge in [0.2, 0.25) is 0 Å². The molecule has 5 nitrogen and oxygen atoms in total. The third-order valence-corrected chi connectivity index (χ3v) is 3.24. The summed E-state index contributed by atoms with van der Waals surface area (Å²) in [4.78, 5) is 0. The molecule has 1 aliphatic carbocycles. The molecular formula is C11H11ClN4O. The number of aliphatic hydroxyl groups excluding tert-OH is 1. The van der Waals surface area contributed by atoms with Crippen molar-refractivity contribution >= 4 is 11.6 Å². The number of aromatic nitrogens is 4. The van der Waals surface area contributed by atoms with Gasteiger partial charge in [-0.2, -0.15) is 10.2 Å². The fourth-order valence-corrected chi connectivity index (χ4v) is 2.12. The number of aliphatic hydroxyl groups is 1. The highest BCUT2D eigenvalue weighted by Gasteiger charge is 2.31. The van der Waals surface area contributed by atoms with Gasteiger partial charge in [-0.05, 0) is 25.0 Å². The third kappa shape index (κ3) is 1.81. The normalized spacial score (nSPS) is 15.2. The SMILES string of the molecule is OCc1c(C2CC2)nn(-c2cccnn2)c1Cl. The van der Waals surface area contributed by atoms with E-state index in [0.717, 1.165) is 18.5 Å². The number of hydrogen-bond donors (Lipinski definition) is 1. The van der Waals surface area contributed by atoms with Crippen molar-refractivity contribution in [3.63, 3.8) is 0 Å². The van der Waals surface area contributed by atoms with Gasteiger partial charge >= 0.3 is 0 Å². The summed E-state index contributed by atoms with van der Waals surface area (Å²) in [6, 6.07) is 3.56. The molecule has 0 atom stereocenters. The van der Waals surface area contributed by atoms with Crippen molar-refractivity contribution in [3.05, 3.63) is 34.7 Å². The Kier molecular flexibility index (Phi) is 2.57. The third-order valence-electron chi connectivity index (χ3n) is 2.85. The summed E-state index contributed by atoms with van der Waals surface area (Å²) in [6.45, 7) is -0.0923. The van der Waals surface area contributed by atoms with Crippen LogP contribution in [-0.4, -0.2) is 25.1 Å². The summed E-state index contributed by atoms with van der Waals surface area (Å²) < 4.78 is 1.54. The fourth-order valence-electron chi connectivity index (χ4n) is 1.83. The van der Waals surface area contributed by atoms with E-state index in [1.807, 2.05) is 0 Å². The minimum absolute atomic E-state index is 0.0923. The standard InChI is InChI=1S/C11H11ClN4O/c12-11-8(6-17)10(7-3-4-7)15-16(11)9-2-1-5-13-14-9/h1-2,5,7,17H,3-4,6H2. The Morgan fingerprint density at radius 3 is 2.88 bits per heavy atom. The lowest BCUT2D eigenvalue weighted by Crippen LogP contribution is -2.01. The van der Waals surface area contributed by atoms with E-state index in [0.29, 0.717) is 22.5 Å². The van der Waals surface area contributed by atoms with Crippen LogP contribution in [0.1, 0.15) is 30.0 Å². The van der Waals surface area contributed by atoms with E-state index in [-0.39, 0.29) is 6.61 Å². The average Bonchev–Trinajstić information content (AvgIpc) is 3.15. The summed E-state index contributed by atoms with van der Waals surface area (Å²) in [5, 5.41) is 22.0. The van der Waals surface area contributed by atoms with Crippen molar-refractivity contribution in [2.45, 2.75) is 25.4 Å². The first-order chi connectivity index (χ1) is 8.31. The molecule has 0 unspecified atom stereocenters. The molecular weight excluding hydrogens is 240 g/mol. The molecule has 1 saturated carbocycles. The molecule has 2 aromatic rings. The van der Waals surface area contributed by atoms with Gasteiger partial charge in [0.05, 0.1) is 12.3 Å². The van der Waals surface area contributed by atoms with Crippen molar-refractivity contribution in [2.75, 3.05) is 0 Å². The number of rotatable bonds is 3. The number of halogens is 1. The lowest BCUT2D eigenvalue weighted by atomic mass is 10.2. The minimum atomic E-state index is -0.0923. The molecule has 0 radical (unpaired) electrons. The molecule has 88 valence electrons. The quantitative estimate of drug-likeness (QED) is 0.900. The molecule has 3 rings (SSSR count). The topological polar surface area (TPSA) is 63.8 Å². The molecule has 1 aliphatic rings. The van der Waals surface area contributed by atoms with Crippen LogP contribution in [0.25, 0.3) is 5.82 Å². The molecule has 6 heteroatoms. The Hall–Kier alpha value is -1.46. The first-order valence-corrected chi connectivity index (χ1v) is 5.85. The van der Waals surface area contributed by atoms with Gasteiger partial charge in [0.1, 0.15) is 5.15 Å². The fraction of sp³-hybridized carbons (Fsp3) is 0.364. The Morgan fingerprint density at radius 1 is 1.47 bits per heavy atom. The first kappa shape index (κ1) is 10.7. The number of hydrogen-bond acceptors (Lipinski definition) is 4. The Bertz CT molecular complexity index is 536. The zero-order chi connectivity index (χ0) is 11.8. The predicted molar refractivity (Wildman–Crippen MR) is 62.1 cm³/mol. The average molecular weight is 251 g/mol. The second-order valence-corrected chi connectivity index (χ2v) is 4.44. The highest BCUT2D eigenvalue weighted by atomic mass is 35.5. The van der Waals surface area contributed by atoms with Crippen molar-refractivity contribution in [1.82, 2.24) is 20.0 Å². The van der Waals surface area contributed by atoms with Crippen LogP contribution in [0.2, 0.25) is 5.15 Å². The summed E-state index contributed by atoms with van der Waals surface area (Å²) in [5.74, 6) is 1.01. The summed E-state index contributed by atoms with van der Waals surface area (Å²) in [6.07, 6.45) is 3.82. The largest absolute Gasteiger partial charge is 0.391 e. The molecule has 0 amide bonds. The van der Waals surface area contributed by atoms with Crippen LogP contribution in [-0.2, 0) is 6.61 Å². The van der Waals surface area contributed by atoms with E-state index in [2.05, 4.69) is 15.3 Å². The molecule has 2 heterocycles. The summed E-state index contributed by atoms with van der Waals surface area (Å²) in [5.41, 5.74) is 1.60. The molecule has 1 N–H and O–H groups in total. The van der Waals surface area contributed by atoms with Crippen molar-refractivity contribution < 1.29 is 5.11 Å². The second-order valence-electron chi connectivity index (χ2n) is 4.08. The molecule has 1 fully saturated rings. The Balaban J connectivity index is 2.11. The summed E-state index contributed by atoms with van der Waals surface area (Å²) >= 11 is 6.21. The highest BCUT2D eigenvalue weighted by molar-refractivity contribution is 6.30. The second kappa shape index (κ2) is 4.09. The molecule has 0 aromatic carbocycles. The minimum Gasteiger partial charge on any atom is -0.391 e.